The maximum absolute atomic E-state index is 6.15. The molecule has 98 valence electrons. The molecule has 2 unspecified atom stereocenters. The number of rotatable bonds is 7. The highest BCUT2D eigenvalue weighted by Crippen LogP contribution is 2.19. The van der Waals surface area contributed by atoms with Gasteiger partial charge in [0.2, 0.25) is 0 Å². The lowest BCUT2D eigenvalue weighted by Crippen LogP contribution is -2.46. The van der Waals surface area contributed by atoms with Gasteiger partial charge in [0.25, 0.3) is 0 Å². The molecule has 0 aliphatic rings. The molecule has 0 heterocycles. The molecule has 0 aromatic rings. The molecule has 0 amide bonds. The van der Waals surface area contributed by atoms with Crippen molar-refractivity contribution in [3.8, 4) is 0 Å². The van der Waals surface area contributed by atoms with Crippen LogP contribution in [-0.4, -0.2) is 39.5 Å². The summed E-state index contributed by atoms with van der Waals surface area (Å²) in [7, 11) is -3.02. The van der Waals surface area contributed by atoms with Crippen LogP contribution >= 0.6 is 31.9 Å². The molecule has 0 saturated carbocycles. The van der Waals surface area contributed by atoms with E-state index in [-0.39, 0.29) is 12.2 Å². The Bertz CT molecular complexity index is 180. The second-order valence-corrected chi connectivity index (χ2v) is 16.1. The van der Waals surface area contributed by atoms with Gasteiger partial charge in [0, 0.05) is 10.7 Å². The van der Waals surface area contributed by atoms with Gasteiger partial charge in [-0.3, -0.25) is 0 Å². The summed E-state index contributed by atoms with van der Waals surface area (Å²) in [6, 6.07) is 0. The molecule has 0 spiro atoms. The van der Waals surface area contributed by atoms with Crippen LogP contribution in [0.4, 0.5) is 0 Å². The number of halogens is 2. The van der Waals surface area contributed by atoms with E-state index in [9.17, 15) is 0 Å². The van der Waals surface area contributed by atoms with Crippen LogP contribution in [0.1, 0.15) is 0 Å². The number of alkyl halides is 2. The van der Waals surface area contributed by atoms with Gasteiger partial charge in [-0.15, -0.1) is 0 Å². The lowest BCUT2D eigenvalue weighted by Gasteiger charge is -2.34. The first-order valence-electron chi connectivity index (χ1n) is 5.56. The fourth-order valence-electron chi connectivity index (χ4n) is 1.32. The van der Waals surface area contributed by atoms with E-state index in [4.69, 9.17) is 8.85 Å². The third kappa shape index (κ3) is 8.41. The Balaban J connectivity index is 4.51. The third-order valence-corrected chi connectivity index (χ3v) is 5.02. The molecule has 0 aliphatic carbocycles. The van der Waals surface area contributed by atoms with Crippen LogP contribution in [0.5, 0.6) is 0 Å². The summed E-state index contributed by atoms with van der Waals surface area (Å²) in [5.41, 5.74) is 0. The largest absolute Gasteiger partial charge is 0.411 e. The minimum atomic E-state index is -1.51. The average molecular weight is 392 g/mol. The molecule has 16 heavy (non-hydrogen) atoms. The van der Waals surface area contributed by atoms with Gasteiger partial charge >= 0.3 is 0 Å². The van der Waals surface area contributed by atoms with Crippen molar-refractivity contribution in [2.24, 2.45) is 0 Å². The topological polar surface area (TPSA) is 18.5 Å². The molecule has 2 atom stereocenters. The monoisotopic (exact) mass is 390 g/mol. The van der Waals surface area contributed by atoms with Gasteiger partial charge in [-0.2, -0.15) is 0 Å². The minimum Gasteiger partial charge on any atom is -0.411 e. The van der Waals surface area contributed by atoms with Crippen molar-refractivity contribution in [1.29, 1.82) is 0 Å². The minimum absolute atomic E-state index is 0.151. The quantitative estimate of drug-likeness (QED) is 0.477. The lowest BCUT2D eigenvalue weighted by molar-refractivity contribution is 0.0756. The van der Waals surface area contributed by atoms with Crippen molar-refractivity contribution >= 4 is 48.5 Å². The van der Waals surface area contributed by atoms with Crippen molar-refractivity contribution in [2.45, 2.75) is 51.5 Å². The first-order valence-corrected chi connectivity index (χ1v) is 14.6. The van der Waals surface area contributed by atoms with Crippen LogP contribution in [0.15, 0.2) is 0 Å². The van der Waals surface area contributed by atoms with Gasteiger partial charge in [-0.1, -0.05) is 31.9 Å². The van der Waals surface area contributed by atoms with Crippen LogP contribution in [0, 0.1) is 0 Å². The smallest absolute Gasteiger partial charge is 0.184 e. The Morgan fingerprint density at radius 3 is 1.12 bits per heavy atom. The standard InChI is InChI=1S/C10H24Br2O2Si2/c1-15(2,3)13-9(7-11)10(8-12)14-16(4,5)6/h9-10H,7-8H2,1-6H3. The van der Waals surface area contributed by atoms with Gasteiger partial charge in [0.15, 0.2) is 16.6 Å². The summed E-state index contributed by atoms with van der Waals surface area (Å²) in [4.78, 5) is 0. The summed E-state index contributed by atoms with van der Waals surface area (Å²) >= 11 is 7.06. The molecular formula is C10H24Br2O2Si2. The summed E-state index contributed by atoms with van der Waals surface area (Å²) < 4.78 is 12.3. The summed E-state index contributed by atoms with van der Waals surface area (Å²) in [6.45, 7) is 13.3. The average Bonchev–Trinajstić information content (AvgIpc) is 2.07. The maximum Gasteiger partial charge on any atom is 0.184 e. The molecule has 0 aromatic carbocycles. The van der Waals surface area contributed by atoms with E-state index in [2.05, 4.69) is 71.1 Å². The van der Waals surface area contributed by atoms with Crippen LogP contribution in [0.3, 0.4) is 0 Å². The van der Waals surface area contributed by atoms with Crippen molar-refractivity contribution < 1.29 is 8.85 Å². The number of hydrogen-bond acceptors (Lipinski definition) is 2. The number of hydrogen-bond donors (Lipinski definition) is 0. The first-order chi connectivity index (χ1) is 7.09. The Kier molecular flexibility index (Phi) is 7.62. The lowest BCUT2D eigenvalue weighted by atomic mass is 10.3. The predicted octanol–water partition coefficient (Wildman–Crippen LogP) is 4.22. The van der Waals surface area contributed by atoms with Gasteiger partial charge < -0.3 is 8.85 Å². The van der Waals surface area contributed by atoms with E-state index in [0.29, 0.717) is 0 Å². The maximum atomic E-state index is 6.15. The Morgan fingerprint density at radius 2 is 1.00 bits per heavy atom. The second kappa shape index (κ2) is 7.04. The van der Waals surface area contributed by atoms with Gasteiger partial charge in [-0.25, -0.2) is 0 Å². The molecule has 0 rings (SSSR count). The Hall–Kier alpha value is 1.31. The van der Waals surface area contributed by atoms with E-state index in [0.717, 1.165) is 10.7 Å². The zero-order valence-electron chi connectivity index (χ0n) is 11.1. The summed E-state index contributed by atoms with van der Waals surface area (Å²) in [5.74, 6) is 0. The van der Waals surface area contributed by atoms with Gasteiger partial charge in [0.05, 0.1) is 12.2 Å². The van der Waals surface area contributed by atoms with E-state index in [1.165, 1.54) is 0 Å². The van der Waals surface area contributed by atoms with Crippen molar-refractivity contribution in [3.63, 3.8) is 0 Å². The highest BCUT2D eigenvalue weighted by molar-refractivity contribution is 9.09. The van der Waals surface area contributed by atoms with E-state index in [1.54, 1.807) is 0 Å². The van der Waals surface area contributed by atoms with E-state index in [1.807, 2.05) is 0 Å². The zero-order chi connectivity index (χ0) is 13.0. The van der Waals surface area contributed by atoms with Crippen LogP contribution in [0.25, 0.3) is 0 Å². The highest BCUT2D eigenvalue weighted by atomic mass is 79.9. The predicted molar refractivity (Wildman–Crippen MR) is 84.0 cm³/mol. The van der Waals surface area contributed by atoms with Gasteiger partial charge in [-0.05, 0) is 39.3 Å². The molecule has 2 nitrogen and oxygen atoms in total. The fraction of sp³-hybridized carbons (Fsp3) is 1.00. The molecule has 0 aromatic heterocycles. The van der Waals surface area contributed by atoms with Gasteiger partial charge in [0.1, 0.15) is 0 Å². The summed E-state index contributed by atoms with van der Waals surface area (Å²) in [6.07, 6.45) is 0.301. The molecular weight excluding hydrogens is 368 g/mol. The van der Waals surface area contributed by atoms with Crippen molar-refractivity contribution in [2.75, 3.05) is 10.7 Å². The van der Waals surface area contributed by atoms with E-state index < -0.39 is 16.6 Å². The zero-order valence-corrected chi connectivity index (χ0v) is 16.3. The first kappa shape index (κ1) is 17.3. The fourth-order valence-corrected chi connectivity index (χ4v) is 5.19. The van der Waals surface area contributed by atoms with Crippen LogP contribution in [-0.2, 0) is 8.85 Å². The summed E-state index contributed by atoms with van der Waals surface area (Å²) in [5, 5.41) is 1.66. The van der Waals surface area contributed by atoms with E-state index >= 15 is 0 Å². The molecule has 0 saturated heterocycles. The van der Waals surface area contributed by atoms with Crippen LogP contribution < -0.4 is 0 Å². The molecule has 6 heteroatoms. The second-order valence-electron chi connectivity index (χ2n) is 5.85. The Morgan fingerprint density at radius 1 is 0.750 bits per heavy atom. The molecule has 0 N–H and O–H groups in total. The SMILES string of the molecule is C[Si](C)(C)OC(CBr)C(CBr)O[Si](C)(C)C. The van der Waals surface area contributed by atoms with Crippen LogP contribution in [0.2, 0.25) is 39.3 Å². The molecule has 0 aliphatic heterocycles. The highest BCUT2D eigenvalue weighted by Gasteiger charge is 2.30. The molecule has 0 bridgehead atoms. The molecule has 0 radical (unpaired) electrons. The molecule has 0 fully saturated rings. The van der Waals surface area contributed by atoms with Crippen molar-refractivity contribution in [1.82, 2.24) is 0 Å². The normalized spacial score (nSPS) is 17.2. The van der Waals surface area contributed by atoms with Crippen molar-refractivity contribution in [3.05, 3.63) is 0 Å². The third-order valence-electron chi connectivity index (χ3n) is 1.73. The Labute approximate surface area is 119 Å².